The monoisotopic (exact) mass is 237 g/mol. The lowest BCUT2D eigenvalue weighted by molar-refractivity contribution is -0.121. The van der Waals surface area contributed by atoms with Crippen molar-refractivity contribution < 1.29 is 14.3 Å². The molecule has 1 aromatic rings. The second-order valence-electron chi connectivity index (χ2n) is 3.21. The molecule has 0 aromatic carbocycles. The number of hydrogen-bond acceptors (Lipinski definition) is 4. The topological polar surface area (TPSA) is 80.3 Å². The Kier molecular flexibility index (Phi) is 5.50. The van der Waals surface area contributed by atoms with E-state index in [-0.39, 0.29) is 18.9 Å². The highest BCUT2D eigenvalue weighted by Gasteiger charge is 2.05. The fraction of sp³-hybridized carbons (Fsp3) is 0.364. The normalized spacial score (nSPS) is 9.47. The van der Waals surface area contributed by atoms with E-state index in [0.29, 0.717) is 6.42 Å². The van der Waals surface area contributed by atoms with Crippen molar-refractivity contribution in [2.45, 2.75) is 19.8 Å². The number of carbonyl (C=O) groups is 2. The quantitative estimate of drug-likeness (QED) is 0.759. The summed E-state index contributed by atoms with van der Waals surface area (Å²) in [6.45, 7) is 1.94. The average molecular weight is 237 g/mol. The van der Waals surface area contributed by atoms with E-state index < -0.39 is 6.09 Å². The SMILES string of the molecule is CCOC(=O)NNC(=O)CCc1ccccn1. The molecule has 0 atom stereocenters. The minimum Gasteiger partial charge on any atom is -0.449 e. The summed E-state index contributed by atoms with van der Waals surface area (Å²) in [6.07, 6.45) is 1.78. The third-order valence-corrected chi connectivity index (χ3v) is 1.91. The van der Waals surface area contributed by atoms with Crippen molar-refractivity contribution in [1.82, 2.24) is 15.8 Å². The van der Waals surface area contributed by atoms with Crippen molar-refractivity contribution in [3.63, 3.8) is 0 Å². The summed E-state index contributed by atoms with van der Waals surface area (Å²) in [4.78, 5) is 26.3. The van der Waals surface area contributed by atoms with Crippen LogP contribution in [0.25, 0.3) is 0 Å². The van der Waals surface area contributed by atoms with Gasteiger partial charge in [-0.05, 0) is 25.5 Å². The fourth-order valence-corrected chi connectivity index (χ4v) is 1.14. The lowest BCUT2D eigenvalue weighted by Gasteiger charge is -2.06. The Morgan fingerprint density at radius 3 is 2.82 bits per heavy atom. The van der Waals surface area contributed by atoms with Crippen molar-refractivity contribution in [2.75, 3.05) is 6.61 Å². The van der Waals surface area contributed by atoms with Gasteiger partial charge in [0, 0.05) is 18.3 Å². The van der Waals surface area contributed by atoms with Gasteiger partial charge in [0.25, 0.3) is 0 Å². The molecule has 0 spiro atoms. The summed E-state index contributed by atoms with van der Waals surface area (Å²) in [6, 6.07) is 5.51. The van der Waals surface area contributed by atoms with Gasteiger partial charge in [0.15, 0.2) is 0 Å². The smallest absolute Gasteiger partial charge is 0.426 e. The number of pyridine rings is 1. The van der Waals surface area contributed by atoms with Crippen molar-refractivity contribution in [3.8, 4) is 0 Å². The van der Waals surface area contributed by atoms with Crippen molar-refractivity contribution >= 4 is 12.0 Å². The second kappa shape index (κ2) is 7.21. The maximum Gasteiger partial charge on any atom is 0.426 e. The molecule has 1 heterocycles. The van der Waals surface area contributed by atoms with E-state index in [0.717, 1.165) is 5.69 Å². The number of amides is 2. The summed E-state index contributed by atoms with van der Waals surface area (Å²) in [5, 5.41) is 0. The van der Waals surface area contributed by atoms with E-state index in [4.69, 9.17) is 0 Å². The van der Waals surface area contributed by atoms with Gasteiger partial charge in [-0.2, -0.15) is 0 Å². The van der Waals surface area contributed by atoms with Gasteiger partial charge in [-0.15, -0.1) is 0 Å². The Morgan fingerprint density at radius 2 is 2.18 bits per heavy atom. The highest BCUT2D eigenvalue weighted by atomic mass is 16.5. The molecule has 6 nitrogen and oxygen atoms in total. The van der Waals surface area contributed by atoms with Gasteiger partial charge in [0.2, 0.25) is 5.91 Å². The zero-order chi connectivity index (χ0) is 12.5. The predicted molar refractivity (Wildman–Crippen MR) is 60.9 cm³/mol. The standard InChI is InChI=1S/C11H15N3O3/c1-2-17-11(16)14-13-10(15)7-6-9-5-3-4-8-12-9/h3-5,8H,2,6-7H2,1H3,(H,13,15)(H,14,16). The molecule has 0 radical (unpaired) electrons. The van der Waals surface area contributed by atoms with E-state index in [9.17, 15) is 9.59 Å². The number of aromatic nitrogens is 1. The van der Waals surface area contributed by atoms with Gasteiger partial charge >= 0.3 is 6.09 Å². The Hall–Kier alpha value is -2.11. The number of carbonyl (C=O) groups excluding carboxylic acids is 2. The summed E-state index contributed by atoms with van der Waals surface area (Å²) in [5.41, 5.74) is 5.22. The van der Waals surface area contributed by atoms with Gasteiger partial charge in [-0.3, -0.25) is 15.2 Å². The fourth-order valence-electron chi connectivity index (χ4n) is 1.14. The van der Waals surface area contributed by atoms with Gasteiger partial charge in [0.1, 0.15) is 0 Å². The summed E-state index contributed by atoms with van der Waals surface area (Å²) in [7, 11) is 0. The first-order valence-corrected chi connectivity index (χ1v) is 5.34. The van der Waals surface area contributed by atoms with Gasteiger partial charge in [-0.1, -0.05) is 6.07 Å². The minimum absolute atomic E-state index is 0.253. The molecule has 0 bridgehead atoms. The van der Waals surface area contributed by atoms with Gasteiger partial charge in [-0.25, -0.2) is 10.2 Å². The van der Waals surface area contributed by atoms with E-state index in [1.807, 2.05) is 18.2 Å². The summed E-state index contributed by atoms with van der Waals surface area (Å²) < 4.78 is 4.58. The summed E-state index contributed by atoms with van der Waals surface area (Å²) >= 11 is 0. The van der Waals surface area contributed by atoms with E-state index in [1.165, 1.54) is 0 Å². The number of ether oxygens (including phenoxy) is 1. The van der Waals surface area contributed by atoms with Crippen LogP contribution in [0.2, 0.25) is 0 Å². The van der Waals surface area contributed by atoms with Crippen LogP contribution in [0.15, 0.2) is 24.4 Å². The number of hydrazine groups is 1. The molecular formula is C11H15N3O3. The third kappa shape index (κ3) is 5.50. The van der Waals surface area contributed by atoms with Crippen molar-refractivity contribution in [3.05, 3.63) is 30.1 Å². The van der Waals surface area contributed by atoms with E-state index >= 15 is 0 Å². The molecule has 0 saturated carbocycles. The molecule has 0 aliphatic heterocycles. The van der Waals surface area contributed by atoms with Gasteiger partial charge in [0.05, 0.1) is 6.61 Å². The van der Waals surface area contributed by atoms with Gasteiger partial charge < -0.3 is 4.74 Å². The molecule has 17 heavy (non-hydrogen) atoms. The largest absolute Gasteiger partial charge is 0.449 e. The molecular weight excluding hydrogens is 222 g/mol. The number of nitrogens with one attached hydrogen (secondary N) is 2. The lowest BCUT2D eigenvalue weighted by Crippen LogP contribution is -2.42. The minimum atomic E-state index is -0.668. The number of nitrogens with zero attached hydrogens (tertiary/aromatic N) is 1. The first-order valence-electron chi connectivity index (χ1n) is 5.34. The third-order valence-electron chi connectivity index (χ3n) is 1.91. The molecule has 0 aliphatic carbocycles. The first kappa shape index (κ1) is 13.0. The Labute approximate surface area is 99.3 Å². The van der Waals surface area contributed by atoms with E-state index in [2.05, 4.69) is 20.6 Å². The van der Waals surface area contributed by atoms with Crippen LogP contribution in [0.4, 0.5) is 4.79 Å². The molecule has 0 fully saturated rings. The molecule has 0 unspecified atom stereocenters. The maximum absolute atomic E-state index is 11.3. The predicted octanol–water partition coefficient (Wildman–Crippen LogP) is 0.791. The molecule has 6 heteroatoms. The molecule has 0 saturated heterocycles. The van der Waals surface area contributed by atoms with Crippen LogP contribution < -0.4 is 10.9 Å². The Morgan fingerprint density at radius 1 is 1.35 bits per heavy atom. The number of hydrogen-bond donors (Lipinski definition) is 2. The van der Waals surface area contributed by atoms with Crippen LogP contribution in [0.1, 0.15) is 19.0 Å². The lowest BCUT2D eigenvalue weighted by atomic mass is 10.2. The average Bonchev–Trinajstić information content (AvgIpc) is 2.35. The molecule has 2 amide bonds. The van der Waals surface area contributed by atoms with Crippen LogP contribution in [0.5, 0.6) is 0 Å². The Balaban J connectivity index is 2.20. The second-order valence-corrected chi connectivity index (χ2v) is 3.21. The van der Waals surface area contributed by atoms with E-state index in [1.54, 1.807) is 13.1 Å². The highest BCUT2D eigenvalue weighted by Crippen LogP contribution is 1.97. The van der Waals surface area contributed by atoms with Crippen LogP contribution in [0.3, 0.4) is 0 Å². The maximum atomic E-state index is 11.3. The van der Waals surface area contributed by atoms with Crippen molar-refractivity contribution in [1.29, 1.82) is 0 Å². The Bertz CT molecular complexity index is 367. The zero-order valence-electron chi connectivity index (χ0n) is 9.60. The first-order chi connectivity index (χ1) is 8.22. The summed E-state index contributed by atoms with van der Waals surface area (Å²) in [5.74, 6) is -0.288. The highest BCUT2D eigenvalue weighted by molar-refractivity contribution is 5.79. The molecule has 92 valence electrons. The van der Waals surface area contributed by atoms with Crippen LogP contribution in [0, 0.1) is 0 Å². The van der Waals surface area contributed by atoms with Crippen LogP contribution in [-0.2, 0) is 16.0 Å². The van der Waals surface area contributed by atoms with Crippen molar-refractivity contribution in [2.24, 2.45) is 0 Å². The molecule has 2 N–H and O–H groups in total. The number of rotatable bonds is 4. The molecule has 1 rings (SSSR count). The van der Waals surface area contributed by atoms with Crippen LogP contribution >= 0.6 is 0 Å². The zero-order valence-corrected chi connectivity index (χ0v) is 9.60. The van der Waals surface area contributed by atoms with Crippen LogP contribution in [-0.4, -0.2) is 23.6 Å². The number of aryl methyl sites for hydroxylation is 1. The molecule has 0 aliphatic rings. The molecule has 1 aromatic heterocycles.